The van der Waals surface area contributed by atoms with Gasteiger partial charge in [-0.25, -0.2) is 23.7 Å². The highest BCUT2D eigenvalue weighted by atomic mass is 32.1. The fourth-order valence-corrected chi connectivity index (χ4v) is 10.1. The topological polar surface area (TPSA) is 197 Å². The highest BCUT2D eigenvalue weighted by molar-refractivity contribution is 7.13. The molecule has 0 bridgehead atoms. The SMILES string of the molecule is Cc1ncsc1-c1ccc(C(C)NC(=O)[C@@H]2C[C@@H](O)CN2C(=O)[C@@H](NC(=O)[C@@H]2C[C@@H]2C(=O)N2CCC(c3cc(Nc4cc(C#N)ccn4)nc(N4CCC(F)(F)C4)c3)CC2)C(C)(C)C)cc1. The van der Waals surface area contributed by atoms with E-state index in [0.717, 1.165) is 27.3 Å². The van der Waals surface area contributed by atoms with Gasteiger partial charge in [-0.15, -0.1) is 11.3 Å². The molecule has 6 heterocycles. The number of nitrogens with zero attached hydrogens (tertiary/aromatic N) is 7. The van der Waals surface area contributed by atoms with Crippen LogP contribution in [0.4, 0.5) is 26.2 Å². The van der Waals surface area contributed by atoms with E-state index in [2.05, 4.69) is 37.0 Å². The molecule has 1 aliphatic carbocycles. The van der Waals surface area contributed by atoms with Crippen molar-refractivity contribution in [1.29, 1.82) is 5.26 Å². The summed E-state index contributed by atoms with van der Waals surface area (Å²) in [6.45, 7) is 9.82. The minimum absolute atomic E-state index is 0.00150. The Balaban J connectivity index is 0.875. The summed E-state index contributed by atoms with van der Waals surface area (Å²) in [5.41, 5.74) is 5.18. The lowest BCUT2D eigenvalue weighted by atomic mass is 9.85. The lowest BCUT2D eigenvalue weighted by Crippen LogP contribution is -2.58. The number of nitrogens with one attached hydrogen (secondary N) is 3. The number of aryl methyl sites for hydroxylation is 1. The predicted molar refractivity (Wildman–Crippen MR) is 245 cm³/mol. The monoisotopic (exact) mass is 922 g/mol. The molecule has 3 saturated heterocycles. The number of amides is 4. The van der Waals surface area contributed by atoms with E-state index in [4.69, 9.17) is 0 Å². The van der Waals surface area contributed by atoms with Crippen molar-refractivity contribution in [3.8, 4) is 16.5 Å². The van der Waals surface area contributed by atoms with E-state index in [1.165, 1.54) is 11.1 Å². The van der Waals surface area contributed by atoms with Gasteiger partial charge in [0.2, 0.25) is 23.6 Å². The molecule has 4 fully saturated rings. The minimum Gasteiger partial charge on any atom is -0.391 e. The molecule has 4 aliphatic rings. The Kier molecular flexibility index (Phi) is 13.1. The zero-order valence-electron chi connectivity index (χ0n) is 37.8. The van der Waals surface area contributed by atoms with E-state index in [0.29, 0.717) is 55.4 Å². The van der Waals surface area contributed by atoms with E-state index < -0.39 is 65.6 Å². The van der Waals surface area contributed by atoms with Crippen LogP contribution in [0.25, 0.3) is 10.4 Å². The van der Waals surface area contributed by atoms with Crippen LogP contribution >= 0.6 is 11.3 Å². The fraction of sp³-hybridized carbons (Fsp3) is 0.500. The summed E-state index contributed by atoms with van der Waals surface area (Å²) in [4.78, 5) is 74.8. The van der Waals surface area contributed by atoms with E-state index in [-0.39, 0.29) is 43.8 Å². The Morgan fingerprint density at radius 2 is 1.70 bits per heavy atom. The highest BCUT2D eigenvalue weighted by Crippen LogP contribution is 2.43. The number of carbonyl (C=O) groups is 4. The minimum atomic E-state index is -2.82. The van der Waals surface area contributed by atoms with Crippen molar-refractivity contribution in [3.63, 3.8) is 0 Å². The maximum Gasteiger partial charge on any atom is 0.266 e. The summed E-state index contributed by atoms with van der Waals surface area (Å²) >= 11 is 1.56. The molecule has 18 heteroatoms. The van der Waals surface area contributed by atoms with E-state index in [9.17, 15) is 38.3 Å². The van der Waals surface area contributed by atoms with Crippen molar-refractivity contribution in [2.45, 2.75) is 103 Å². The molecule has 6 atom stereocenters. The van der Waals surface area contributed by atoms with Gasteiger partial charge in [0.15, 0.2) is 0 Å². The second kappa shape index (κ2) is 18.7. The summed E-state index contributed by atoms with van der Waals surface area (Å²) < 4.78 is 28.6. The van der Waals surface area contributed by atoms with Crippen molar-refractivity contribution >= 4 is 52.4 Å². The van der Waals surface area contributed by atoms with Crippen LogP contribution in [0.15, 0.2) is 60.2 Å². The third-order valence-corrected chi connectivity index (χ3v) is 14.2. The molecule has 1 saturated carbocycles. The maximum atomic E-state index is 14.3. The van der Waals surface area contributed by atoms with Gasteiger partial charge in [-0.05, 0) is 85.4 Å². The number of halogens is 2. The normalized spacial score (nSPS) is 22.6. The van der Waals surface area contributed by atoms with Crippen LogP contribution in [0.5, 0.6) is 0 Å². The number of rotatable bonds is 12. The quantitative estimate of drug-likeness (QED) is 0.129. The number of pyridine rings is 2. The number of hydrogen-bond acceptors (Lipinski definition) is 12. The number of thiazole rings is 1. The average molecular weight is 923 g/mol. The zero-order valence-corrected chi connectivity index (χ0v) is 38.6. The van der Waals surface area contributed by atoms with Crippen LogP contribution in [0, 0.1) is 35.5 Å². The third kappa shape index (κ3) is 10.3. The van der Waals surface area contributed by atoms with Crippen LogP contribution in [-0.2, 0) is 19.2 Å². The predicted octanol–water partition coefficient (Wildman–Crippen LogP) is 6.08. The number of alkyl halides is 2. The van der Waals surface area contributed by atoms with Gasteiger partial charge in [-0.2, -0.15) is 5.26 Å². The molecule has 0 spiro atoms. The number of aliphatic hydroxyl groups is 1. The number of carbonyl (C=O) groups excluding carboxylic acids is 4. The molecule has 3 aliphatic heterocycles. The molecule has 1 unspecified atom stereocenters. The number of aromatic nitrogens is 3. The number of anilines is 3. The van der Waals surface area contributed by atoms with Crippen LogP contribution in [-0.4, -0.2) is 110 Å². The smallest absolute Gasteiger partial charge is 0.266 e. The first kappa shape index (κ1) is 46.5. The zero-order chi connectivity index (χ0) is 47.1. The molecule has 66 heavy (non-hydrogen) atoms. The molecule has 4 N–H and O–H groups in total. The van der Waals surface area contributed by atoms with Gasteiger partial charge < -0.3 is 35.8 Å². The summed E-state index contributed by atoms with van der Waals surface area (Å²) in [5, 5.41) is 29.2. The van der Waals surface area contributed by atoms with E-state index >= 15 is 0 Å². The van der Waals surface area contributed by atoms with Gasteiger partial charge in [-0.3, -0.25) is 19.2 Å². The van der Waals surface area contributed by atoms with Gasteiger partial charge in [-0.1, -0.05) is 45.0 Å². The largest absolute Gasteiger partial charge is 0.391 e. The van der Waals surface area contributed by atoms with Crippen LogP contribution < -0.4 is 20.9 Å². The molecule has 4 amide bonds. The first-order valence-electron chi connectivity index (χ1n) is 22.5. The highest BCUT2D eigenvalue weighted by Gasteiger charge is 2.52. The fourth-order valence-electron chi connectivity index (χ4n) is 9.32. The van der Waals surface area contributed by atoms with Crippen LogP contribution in [0.1, 0.15) is 94.1 Å². The number of β-amino-alcohol motifs (C(OH)–C–C–N with tert-alkyl or cyclic N) is 1. The molecule has 8 rings (SSSR count). The Labute approximate surface area is 387 Å². The molecule has 0 radical (unpaired) electrons. The third-order valence-electron chi connectivity index (χ3n) is 13.2. The molecule has 15 nitrogen and oxygen atoms in total. The molecule has 3 aromatic heterocycles. The van der Waals surface area contributed by atoms with Gasteiger partial charge in [0.25, 0.3) is 5.92 Å². The van der Waals surface area contributed by atoms with Gasteiger partial charge in [0.05, 0.1) is 58.2 Å². The van der Waals surface area contributed by atoms with Crippen molar-refractivity contribution in [2.24, 2.45) is 17.3 Å². The van der Waals surface area contributed by atoms with Crippen LogP contribution in [0.2, 0.25) is 0 Å². The lowest BCUT2D eigenvalue weighted by molar-refractivity contribution is -0.144. The molecule has 4 aromatic rings. The Morgan fingerprint density at radius 1 is 0.955 bits per heavy atom. The Morgan fingerprint density at radius 3 is 2.35 bits per heavy atom. The first-order chi connectivity index (χ1) is 31.4. The number of aliphatic hydroxyl groups excluding tert-OH is 1. The lowest BCUT2D eigenvalue weighted by Gasteiger charge is -2.35. The van der Waals surface area contributed by atoms with Crippen molar-refractivity contribution < 1.29 is 33.1 Å². The standard InChI is InChI=1S/C48H56F2N10O5S/c1-27(30-6-8-32(9-7-30)41-28(2)53-26-66-41)54-44(63)37-21-34(61)24-60(37)46(65)42(47(3,4)5)57-43(62)35-22-36(35)45(64)58-15-11-31(12-16-58)33-19-39(55-38-18-29(23-51)10-14-52-38)56-40(20-33)59-17-13-48(49,50)25-59/h6-10,14,18-20,26-27,31,34-37,42,61H,11-13,15-17,21-22,24-25H2,1-5H3,(H,54,63)(H,57,62)(H,52,55,56)/t27?,34-,35-,36+,37+,42-/m1/s1. The molecular weight excluding hydrogens is 867 g/mol. The van der Waals surface area contributed by atoms with Crippen LogP contribution in [0.3, 0.4) is 0 Å². The summed E-state index contributed by atoms with van der Waals surface area (Å²) in [6.07, 6.45) is 1.92. The molecular formula is C48H56F2N10O5S. The Bertz CT molecular complexity index is 2520. The molecule has 348 valence electrons. The summed E-state index contributed by atoms with van der Waals surface area (Å²) in [5.74, 6) is -4.18. The van der Waals surface area contributed by atoms with Gasteiger partial charge >= 0.3 is 0 Å². The first-order valence-corrected chi connectivity index (χ1v) is 23.4. The second-order valence-electron chi connectivity index (χ2n) is 19.2. The summed E-state index contributed by atoms with van der Waals surface area (Å²) in [7, 11) is 0. The number of piperidine rings is 1. The van der Waals surface area contributed by atoms with Crippen molar-refractivity contribution in [2.75, 3.05) is 42.9 Å². The second-order valence-corrected chi connectivity index (χ2v) is 20.1. The van der Waals surface area contributed by atoms with Crippen molar-refractivity contribution in [1.82, 2.24) is 35.4 Å². The number of nitriles is 1. The van der Waals surface area contributed by atoms with Gasteiger partial charge in [0, 0.05) is 45.2 Å². The average Bonchev–Trinajstić information content (AvgIpc) is 3.59. The number of hydrogen-bond donors (Lipinski definition) is 4. The maximum absolute atomic E-state index is 14.3. The number of benzene rings is 1. The Hall–Kier alpha value is -6.06. The summed E-state index contributed by atoms with van der Waals surface area (Å²) in [6, 6.07) is 14.5. The van der Waals surface area contributed by atoms with E-state index in [1.807, 2.05) is 71.0 Å². The number of likely N-dealkylation sites (tertiary alicyclic amines) is 2. The van der Waals surface area contributed by atoms with Gasteiger partial charge in [0.1, 0.15) is 29.5 Å². The molecule has 1 aromatic carbocycles. The van der Waals surface area contributed by atoms with E-state index in [1.54, 1.807) is 38.8 Å². The van der Waals surface area contributed by atoms with Crippen molar-refractivity contribution in [3.05, 3.63) is 82.6 Å².